The molecular weight excluding hydrogens is 304 g/mol. The van der Waals surface area contributed by atoms with Gasteiger partial charge in [0.25, 0.3) is 0 Å². The molecule has 0 unspecified atom stereocenters. The number of aliphatic hydroxyl groups excluding tert-OH is 1. The number of nitrogens with zero attached hydrogens (tertiary/aromatic N) is 2. The van der Waals surface area contributed by atoms with E-state index in [9.17, 15) is 10.2 Å². The van der Waals surface area contributed by atoms with Crippen molar-refractivity contribution in [2.45, 2.75) is 76.2 Å². The summed E-state index contributed by atoms with van der Waals surface area (Å²) in [6.07, 6.45) is 4.30. The van der Waals surface area contributed by atoms with E-state index in [4.69, 9.17) is 4.74 Å². The van der Waals surface area contributed by atoms with E-state index in [1.54, 1.807) is 6.92 Å². The van der Waals surface area contributed by atoms with Crippen molar-refractivity contribution < 1.29 is 14.9 Å². The summed E-state index contributed by atoms with van der Waals surface area (Å²) in [6, 6.07) is 0.709. The SMILES string of the molecule is CC(C)CN1CCC(N2CCC3(CC2)C[C@](C)(O)[C@@H](O)CO3)CC1. The summed E-state index contributed by atoms with van der Waals surface area (Å²) in [7, 11) is 0. The number of piperidine rings is 2. The van der Waals surface area contributed by atoms with E-state index in [1.165, 1.54) is 32.5 Å². The molecule has 3 aliphatic rings. The van der Waals surface area contributed by atoms with Gasteiger partial charge in [0, 0.05) is 32.1 Å². The van der Waals surface area contributed by atoms with Gasteiger partial charge in [-0.3, -0.25) is 0 Å². The molecule has 3 saturated heterocycles. The fourth-order valence-electron chi connectivity index (χ4n) is 4.86. The molecule has 0 bridgehead atoms. The highest BCUT2D eigenvalue weighted by Crippen LogP contribution is 2.40. The van der Waals surface area contributed by atoms with Crippen molar-refractivity contribution in [3.05, 3.63) is 0 Å². The maximum Gasteiger partial charge on any atom is 0.106 e. The van der Waals surface area contributed by atoms with Crippen molar-refractivity contribution in [1.29, 1.82) is 0 Å². The first-order valence-corrected chi connectivity index (χ1v) is 9.80. The van der Waals surface area contributed by atoms with Crippen LogP contribution in [0, 0.1) is 5.92 Å². The summed E-state index contributed by atoms with van der Waals surface area (Å²) >= 11 is 0. The van der Waals surface area contributed by atoms with Gasteiger partial charge in [0.05, 0.1) is 17.8 Å². The molecule has 3 aliphatic heterocycles. The quantitative estimate of drug-likeness (QED) is 0.815. The lowest BCUT2D eigenvalue weighted by Gasteiger charge is -2.51. The maximum absolute atomic E-state index is 10.4. The Balaban J connectivity index is 1.48. The minimum absolute atomic E-state index is 0.225. The van der Waals surface area contributed by atoms with Gasteiger partial charge in [-0.15, -0.1) is 0 Å². The van der Waals surface area contributed by atoms with E-state index in [1.807, 2.05) is 0 Å². The predicted molar refractivity (Wildman–Crippen MR) is 95.0 cm³/mol. The van der Waals surface area contributed by atoms with Crippen LogP contribution < -0.4 is 0 Å². The molecule has 0 aromatic heterocycles. The van der Waals surface area contributed by atoms with Gasteiger partial charge >= 0.3 is 0 Å². The van der Waals surface area contributed by atoms with E-state index in [0.29, 0.717) is 12.5 Å². The summed E-state index contributed by atoms with van der Waals surface area (Å²) < 4.78 is 6.01. The first-order chi connectivity index (χ1) is 11.3. The molecule has 0 aliphatic carbocycles. The first kappa shape index (κ1) is 18.6. The van der Waals surface area contributed by atoms with Crippen LogP contribution in [0.1, 0.15) is 52.9 Å². The Morgan fingerprint density at radius 2 is 1.75 bits per heavy atom. The van der Waals surface area contributed by atoms with Crippen molar-refractivity contribution in [3.63, 3.8) is 0 Å². The maximum atomic E-state index is 10.4. The lowest BCUT2D eigenvalue weighted by atomic mass is 9.76. The van der Waals surface area contributed by atoms with Crippen LogP contribution in [0.3, 0.4) is 0 Å². The minimum atomic E-state index is -1.01. The zero-order valence-electron chi connectivity index (χ0n) is 15.7. The molecule has 5 nitrogen and oxygen atoms in total. The predicted octanol–water partition coefficient (Wildman–Crippen LogP) is 1.47. The van der Waals surface area contributed by atoms with Crippen LogP contribution in [-0.2, 0) is 4.74 Å². The van der Waals surface area contributed by atoms with Gasteiger partial charge in [-0.05, 0) is 51.6 Å². The smallest absolute Gasteiger partial charge is 0.106 e. The fourth-order valence-corrected chi connectivity index (χ4v) is 4.86. The Labute approximate surface area is 147 Å². The molecule has 24 heavy (non-hydrogen) atoms. The lowest BCUT2D eigenvalue weighted by Crippen LogP contribution is -2.60. The van der Waals surface area contributed by atoms with Crippen molar-refractivity contribution in [2.75, 3.05) is 39.3 Å². The topological polar surface area (TPSA) is 56.2 Å². The van der Waals surface area contributed by atoms with Crippen LogP contribution in [0.5, 0.6) is 0 Å². The van der Waals surface area contributed by atoms with Gasteiger partial charge < -0.3 is 24.7 Å². The van der Waals surface area contributed by atoms with Gasteiger partial charge in [-0.2, -0.15) is 0 Å². The molecule has 2 atom stereocenters. The molecule has 0 radical (unpaired) electrons. The molecule has 140 valence electrons. The molecule has 3 fully saturated rings. The second-order valence-corrected chi connectivity index (χ2v) is 9.01. The van der Waals surface area contributed by atoms with Crippen molar-refractivity contribution in [3.8, 4) is 0 Å². The molecule has 0 aromatic carbocycles. The molecule has 0 aromatic rings. The summed E-state index contributed by atoms with van der Waals surface area (Å²) in [5, 5.41) is 20.3. The van der Waals surface area contributed by atoms with Crippen molar-refractivity contribution in [2.24, 2.45) is 5.92 Å². The third-order valence-electron chi connectivity index (χ3n) is 6.35. The van der Waals surface area contributed by atoms with Gasteiger partial charge in [0.15, 0.2) is 0 Å². The van der Waals surface area contributed by atoms with Crippen molar-refractivity contribution >= 4 is 0 Å². The highest BCUT2D eigenvalue weighted by atomic mass is 16.5. The van der Waals surface area contributed by atoms with Crippen LogP contribution in [0.25, 0.3) is 0 Å². The van der Waals surface area contributed by atoms with Gasteiger partial charge in [0.2, 0.25) is 0 Å². The van der Waals surface area contributed by atoms with Crippen molar-refractivity contribution in [1.82, 2.24) is 9.80 Å². The van der Waals surface area contributed by atoms with Crippen LogP contribution in [0.15, 0.2) is 0 Å². The van der Waals surface area contributed by atoms with E-state index >= 15 is 0 Å². The molecule has 3 heterocycles. The molecule has 0 saturated carbocycles. The number of aliphatic hydroxyl groups is 2. The second kappa shape index (κ2) is 7.20. The van der Waals surface area contributed by atoms with E-state index in [2.05, 4.69) is 23.6 Å². The van der Waals surface area contributed by atoms with E-state index in [0.717, 1.165) is 31.8 Å². The average Bonchev–Trinajstić information content (AvgIpc) is 2.52. The van der Waals surface area contributed by atoms with Crippen LogP contribution >= 0.6 is 0 Å². The summed E-state index contributed by atoms with van der Waals surface area (Å²) in [5.74, 6) is 0.753. The number of likely N-dealkylation sites (tertiary alicyclic amines) is 2. The zero-order chi connectivity index (χ0) is 17.4. The van der Waals surface area contributed by atoms with E-state index in [-0.39, 0.29) is 12.2 Å². The highest BCUT2D eigenvalue weighted by molar-refractivity contribution is 5.00. The Kier molecular flexibility index (Phi) is 5.57. The zero-order valence-corrected chi connectivity index (χ0v) is 15.7. The molecule has 2 N–H and O–H groups in total. The molecule has 1 spiro atoms. The Hall–Kier alpha value is -0.200. The first-order valence-electron chi connectivity index (χ1n) is 9.80. The Bertz CT molecular complexity index is 411. The molecule has 0 amide bonds. The number of rotatable bonds is 3. The summed E-state index contributed by atoms with van der Waals surface area (Å²) in [4.78, 5) is 5.25. The Morgan fingerprint density at radius 1 is 1.12 bits per heavy atom. The second-order valence-electron chi connectivity index (χ2n) is 9.01. The van der Waals surface area contributed by atoms with Gasteiger partial charge in [-0.1, -0.05) is 13.8 Å². The van der Waals surface area contributed by atoms with E-state index < -0.39 is 11.7 Å². The average molecular weight is 341 g/mol. The van der Waals surface area contributed by atoms with Crippen LogP contribution in [0.4, 0.5) is 0 Å². The molecular formula is C19H36N2O3. The normalized spacial score (nSPS) is 36.5. The number of hydrogen-bond donors (Lipinski definition) is 2. The van der Waals surface area contributed by atoms with Gasteiger partial charge in [-0.25, -0.2) is 0 Å². The molecule has 3 rings (SSSR count). The third kappa shape index (κ3) is 4.13. The monoisotopic (exact) mass is 340 g/mol. The standard InChI is InChI=1S/C19H36N2O3/c1-15(2)12-20-8-4-16(5-9-20)21-10-6-19(7-11-21)14-18(3,23)17(22)13-24-19/h15-17,22-23H,4-14H2,1-3H3/t17-,18-/m0/s1. The Morgan fingerprint density at radius 3 is 2.29 bits per heavy atom. The lowest BCUT2D eigenvalue weighted by molar-refractivity contribution is -0.224. The number of hydrogen-bond acceptors (Lipinski definition) is 5. The molecule has 5 heteroatoms. The van der Waals surface area contributed by atoms with Gasteiger partial charge in [0.1, 0.15) is 6.10 Å². The largest absolute Gasteiger partial charge is 0.388 e. The van der Waals surface area contributed by atoms with Crippen LogP contribution in [-0.4, -0.2) is 82.7 Å². The summed E-state index contributed by atoms with van der Waals surface area (Å²) in [6.45, 7) is 12.4. The summed E-state index contributed by atoms with van der Waals surface area (Å²) in [5.41, 5.74) is -1.24. The van der Waals surface area contributed by atoms with Crippen LogP contribution in [0.2, 0.25) is 0 Å². The fraction of sp³-hybridized carbons (Fsp3) is 1.00. The third-order valence-corrected chi connectivity index (χ3v) is 6.35. The minimum Gasteiger partial charge on any atom is -0.388 e. The highest BCUT2D eigenvalue weighted by Gasteiger charge is 2.49. The number of ether oxygens (including phenoxy) is 1.